The van der Waals surface area contributed by atoms with Gasteiger partial charge in [0.15, 0.2) is 0 Å². The Morgan fingerprint density at radius 3 is 2.78 bits per heavy atom. The van der Waals surface area contributed by atoms with Crippen LogP contribution in [0.4, 0.5) is 0 Å². The highest BCUT2D eigenvalue weighted by molar-refractivity contribution is 5.40. The third-order valence-corrected chi connectivity index (χ3v) is 5.63. The van der Waals surface area contributed by atoms with Gasteiger partial charge in [-0.25, -0.2) is 4.68 Å². The molecule has 4 nitrogen and oxygen atoms in total. The number of nitrogens with zero attached hydrogens (tertiary/aromatic N) is 3. The van der Waals surface area contributed by atoms with Crippen LogP contribution in [0.15, 0.2) is 36.5 Å². The van der Waals surface area contributed by atoms with Crippen LogP contribution in [0.3, 0.4) is 0 Å². The van der Waals surface area contributed by atoms with Gasteiger partial charge in [0.05, 0.1) is 11.4 Å². The van der Waals surface area contributed by atoms with Gasteiger partial charge in [0, 0.05) is 19.3 Å². The number of piperidine rings is 1. The van der Waals surface area contributed by atoms with Gasteiger partial charge in [0.1, 0.15) is 0 Å². The van der Waals surface area contributed by atoms with E-state index < -0.39 is 0 Å². The zero-order chi connectivity index (χ0) is 15.7. The van der Waals surface area contributed by atoms with Crippen LogP contribution in [-0.2, 0) is 6.54 Å². The first-order valence-corrected chi connectivity index (χ1v) is 8.78. The standard InChI is InChI=1S/C19H26N4/c1-16-4-2-3-5-18(16)23-17(6-10-21-23)14-22-13-9-19(15-22)7-11-20-12-8-19/h2-6,10,20H,7-9,11-15H2,1H3. The highest BCUT2D eigenvalue weighted by Crippen LogP contribution is 2.39. The van der Waals surface area contributed by atoms with E-state index in [0.29, 0.717) is 5.41 Å². The molecule has 122 valence electrons. The monoisotopic (exact) mass is 310 g/mol. The fourth-order valence-corrected chi connectivity index (χ4v) is 4.23. The average molecular weight is 310 g/mol. The van der Waals surface area contributed by atoms with E-state index >= 15 is 0 Å². The maximum atomic E-state index is 4.57. The second-order valence-electron chi connectivity index (χ2n) is 7.23. The molecular formula is C19H26N4. The fraction of sp³-hybridized carbons (Fsp3) is 0.526. The number of nitrogens with one attached hydrogen (secondary N) is 1. The van der Waals surface area contributed by atoms with Crippen LogP contribution in [0, 0.1) is 12.3 Å². The molecule has 1 N–H and O–H groups in total. The van der Waals surface area contributed by atoms with Gasteiger partial charge in [-0.15, -0.1) is 0 Å². The van der Waals surface area contributed by atoms with Gasteiger partial charge < -0.3 is 5.32 Å². The highest BCUT2D eigenvalue weighted by Gasteiger charge is 2.38. The first-order chi connectivity index (χ1) is 11.3. The second kappa shape index (κ2) is 6.10. The minimum Gasteiger partial charge on any atom is -0.317 e. The number of para-hydroxylation sites is 1. The fourth-order valence-electron chi connectivity index (χ4n) is 4.23. The summed E-state index contributed by atoms with van der Waals surface area (Å²) in [6.07, 6.45) is 5.95. The van der Waals surface area contributed by atoms with Crippen molar-refractivity contribution >= 4 is 0 Å². The van der Waals surface area contributed by atoms with Crippen molar-refractivity contribution in [3.8, 4) is 5.69 Å². The zero-order valence-electron chi connectivity index (χ0n) is 14.0. The van der Waals surface area contributed by atoms with E-state index in [1.54, 1.807) is 0 Å². The van der Waals surface area contributed by atoms with Crippen molar-refractivity contribution in [3.05, 3.63) is 47.8 Å². The topological polar surface area (TPSA) is 33.1 Å². The molecule has 2 aliphatic rings. The predicted molar refractivity (Wildman–Crippen MR) is 92.7 cm³/mol. The Morgan fingerprint density at radius 2 is 1.96 bits per heavy atom. The largest absolute Gasteiger partial charge is 0.317 e. The summed E-state index contributed by atoms with van der Waals surface area (Å²) in [5, 5.41) is 8.07. The third kappa shape index (κ3) is 2.93. The summed E-state index contributed by atoms with van der Waals surface area (Å²) in [6, 6.07) is 10.7. The molecule has 0 saturated carbocycles. The smallest absolute Gasteiger partial charge is 0.0678 e. The average Bonchev–Trinajstić information content (AvgIpc) is 3.17. The second-order valence-corrected chi connectivity index (χ2v) is 7.23. The summed E-state index contributed by atoms with van der Waals surface area (Å²) in [6.45, 7) is 8.00. The highest BCUT2D eigenvalue weighted by atomic mass is 15.3. The van der Waals surface area contributed by atoms with Crippen LogP contribution < -0.4 is 5.32 Å². The summed E-state index contributed by atoms with van der Waals surface area (Å²) in [5.74, 6) is 0. The van der Waals surface area contributed by atoms with Crippen LogP contribution in [0.5, 0.6) is 0 Å². The first-order valence-electron chi connectivity index (χ1n) is 8.78. The molecule has 1 aromatic heterocycles. The Balaban J connectivity index is 1.51. The normalized spacial score (nSPS) is 21.1. The van der Waals surface area contributed by atoms with Crippen LogP contribution in [0.2, 0.25) is 0 Å². The number of hydrogen-bond donors (Lipinski definition) is 1. The van der Waals surface area contributed by atoms with Crippen molar-refractivity contribution in [2.75, 3.05) is 26.2 Å². The van der Waals surface area contributed by atoms with Gasteiger partial charge in [0.2, 0.25) is 0 Å². The number of likely N-dealkylation sites (tertiary alicyclic amines) is 1. The minimum absolute atomic E-state index is 0.568. The molecule has 1 aromatic carbocycles. The number of hydrogen-bond acceptors (Lipinski definition) is 3. The Kier molecular flexibility index (Phi) is 3.95. The number of rotatable bonds is 3. The van der Waals surface area contributed by atoms with Gasteiger partial charge in [-0.2, -0.15) is 5.10 Å². The third-order valence-electron chi connectivity index (χ3n) is 5.63. The lowest BCUT2D eigenvalue weighted by Crippen LogP contribution is -2.38. The molecule has 0 unspecified atom stereocenters. The molecule has 0 bridgehead atoms. The Bertz CT molecular complexity index is 670. The van der Waals surface area contributed by atoms with Crippen molar-refractivity contribution in [1.82, 2.24) is 20.0 Å². The predicted octanol–water partition coefficient (Wildman–Crippen LogP) is 2.76. The molecule has 2 fully saturated rings. The van der Waals surface area contributed by atoms with E-state index in [1.807, 2.05) is 6.20 Å². The maximum absolute atomic E-state index is 4.57. The summed E-state index contributed by atoms with van der Waals surface area (Å²) in [4.78, 5) is 2.62. The molecule has 4 rings (SSSR count). The van der Waals surface area contributed by atoms with Gasteiger partial charge in [-0.05, 0) is 68.9 Å². The van der Waals surface area contributed by atoms with E-state index in [-0.39, 0.29) is 0 Å². The van der Waals surface area contributed by atoms with Crippen molar-refractivity contribution < 1.29 is 0 Å². The molecule has 2 aromatic rings. The van der Waals surface area contributed by atoms with Gasteiger partial charge in [-0.3, -0.25) is 4.90 Å². The van der Waals surface area contributed by atoms with Gasteiger partial charge in [-0.1, -0.05) is 18.2 Å². The quantitative estimate of drug-likeness (QED) is 0.946. The summed E-state index contributed by atoms with van der Waals surface area (Å²) in [5.41, 5.74) is 4.33. The Morgan fingerprint density at radius 1 is 1.13 bits per heavy atom. The molecule has 0 atom stereocenters. The lowest BCUT2D eigenvalue weighted by atomic mass is 9.78. The van der Waals surface area contributed by atoms with Crippen LogP contribution >= 0.6 is 0 Å². The van der Waals surface area contributed by atoms with Gasteiger partial charge >= 0.3 is 0 Å². The van der Waals surface area contributed by atoms with Crippen LogP contribution in [0.1, 0.15) is 30.5 Å². The van der Waals surface area contributed by atoms with E-state index in [4.69, 9.17) is 0 Å². The van der Waals surface area contributed by atoms with Crippen molar-refractivity contribution in [2.24, 2.45) is 5.41 Å². The number of aryl methyl sites for hydroxylation is 1. The molecule has 4 heteroatoms. The van der Waals surface area contributed by atoms with Crippen molar-refractivity contribution in [2.45, 2.75) is 32.7 Å². The summed E-state index contributed by atoms with van der Waals surface area (Å²) >= 11 is 0. The molecule has 23 heavy (non-hydrogen) atoms. The Labute approximate surface area is 138 Å². The van der Waals surface area contributed by atoms with E-state index in [2.05, 4.69) is 57.3 Å². The zero-order valence-corrected chi connectivity index (χ0v) is 14.0. The molecular weight excluding hydrogens is 284 g/mol. The minimum atomic E-state index is 0.568. The molecule has 2 aliphatic heterocycles. The van der Waals surface area contributed by atoms with Crippen LogP contribution in [-0.4, -0.2) is 40.9 Å². The molecule has 0 amide bonds. The van der Waals surface area contributed by atoms with Crippen molar-refractivity contribution in [3.63, 3.8) is 0 Å². The van der Waals surface area contributed by atoms with Crippen LogP contribution in [0.25, 0.3) is 5.69 Å². The maximum Gasteiger partial charge on any atom is 0.0678 e. The van der Waals surface area contributed by atoms with Gasteiger partial charge in [0.25, 0.3) is 0 Å². The van der Waals surface area contributed by atoms with E-state index in [0.717, 1.165) is 6.54 Å². The lowest BCUT2D eigenvalue weighted by molar-refractivity contribution is 0.192. The Hall–Kier alpha value is -1.65. The van der Waals surface area contributed by atoms with E-state index in [1.165, 1.54) is 62.4 Å². The van der Waals surface area contributed by atoms with Crippen molar-refractivity contribution in [1.29, 1.82) is 0 Å². The molecule has 1 spiro atoms. The first kappa shape index (κ1) is 14.9. The molecule has 3 heterocycles. The molecule has 2 saturated heterocycles. The number of aromatic nitrogens is 2. The molecule has 0 aliphatic carbocycles. The number of benzene rings is 1. The SMILES string of the molecule is Cc1ccccc1-n1nccc1CN1CCC2(CCNCC2)C1. The summed E-state index contributed by atoms with van der Waals surface area (Å²) in [7, 11) is 0. The van der Waals surface area contributed by atoms with E-state index in [9.17, 15) is 0 Å². The lowest BCUT2D eigenvalue weighted by Gasteiger charge is -2.33. The molecule has 0 radical (unpaired) electrons. The summed E-state index contributed by atoms with van der Waals surface area (Å²) < 4.78 is 2.11.